The lowest BCUT2D eigenvalue weighted by molar-refractivity contribution is 1.71. The zero-order valence-corrected chi connectivity index (χ0v) is 36.6. The van der Waals surface area contributed by atoms with Gasteiger partial charge in [-0.1, -0.05) is 209 Å². The third-order valence-corrected chi connectivity index (χ3v) is 19.0. The second-order valence-electron chi connectivity index (χ2n) is 17.2. The van der Waals surface area contributed by atoms with Crippen molar-refractivity contribution >= 4 is 111 Å². The van der Waals surface area contributed by atoms with Gasteiger partial charge >= 0.3 is 0 Å². The Morgan fingerprint density at radius 2 is 0.484 bits per heavy atom. The molecule has 64 heavy (non-hydrogen) atoms. The molecule has 14 rings (SSSR count). The standard InChI is InChI=1S/C62H38P2/c1-3-15-43(16-4-1)63-57-25-13-11-21-49(57)53-35-41(29-33-59(53)63)39-27-31-47-45-19-7-10-24-52(45)62-56-38-40(28-32-48(56)46-20-8-9-23-51(46)61(62)55(47)37-39)42-30-34-60-54(36-42)50-22-12-14-26-58(50)64(60)44-17-5-2-6-18-44/h1-38H. The summed E-state index contributed by atoms with van der Waals surface area (Å²) in [6, 6.07) is 87.3. The smallest absolute Gasteiger partial charge is 0.00687 e. The van der Waals surface area contributed by atoms with Gasteiger partial charge in [-0.05, 0) is 145 Å². The molecule has 2 heterocycles. The minimum absolute atomic E-state index is 0.606. The monoisotopic (exact) mass is 844 g/mol. The van der Waals surface area contributed by atoms with Crippen molar-refractivity contribution in [1.29, 1.82) is 0 Å². The number of rotatable bonds is 4. The van der Waals surface area contributed by atoms with E-state index in [1.54, 1.807) is 0 Å². The van der Waals surface area contributed by atoms with Crippen molar-refractivity contribution in [2.45, 2.75) is 0 Å². The van der Waals surface area contributed by atoms with E-state index in [9.17, 15) is 0 Å². The first-order valence-corrected chi connectivity index (χ1v) is 24.9. The van der Waals surface area contributed by atoms with Crippen LogP contribution < -0.4 is 0 Å². The molecule has 0 spiro atoms. The number of hydrogen-bond donors (Lipinski definition) is 0. The topological polar surface area (TPSA) is 0 Å². The lowest BCUT2D eigenvalue weighted by Crippen LogP contribution is -1.90. The highest BCUT2D eigenvalue weighted by molar-refractivity contribution is 7.68. The van der Waals surface area contributed by atoms with Crippen molar-refractivity contribution < 1.29 is 0 Å². The minimum atomic E-state index is -0.606. The summed E-state index contributed by atoms with van der Waals surface area (Å²) in [5.74, 6) is 0. The molecule has 2 atom stereocenters. The second kappa shape index (κ2) is 14.0. The van der Waals surface area contributed by atoms with Crippen molar-refractivity contribution in [2.24, 2.45) is 0 Å². The molecule has 296 valence electrons. The predicted molar refractivity (Wildman–Crippen MR) is 283 cm³/mol. The molecule has 0 bridgehead atoms. The summed E-state index contributed by atoms with van der Waals surface area (Å²) in [6.07, 6.45) is 0. The molecule has 0 amide bonds. The summed E-state index contributed by atoms with van der Waals surface area (Å²) in [6.45, 7) is 0. The summed E-state index contributed by atoms with van der Waals surface area (Å²) in [5.41, 5.74) is 4.99. The minimum Gasteiger partial charge on any atom is -0.0772 e. The van der Waals surface area contributed by atoms with E-state index in [1.165, 1.54) is 129 Å². The normalized spacial score (nSPS) is 12.6. The highest BCUT2D eigenvalue weighted by atomic mass is 31.1. The lowest BCUT2D eigenvalue weighted by Gasteiger charge is -2.18. The molecule has 0 fully saturated rings. The Balaban J connectivity index is 1.02. The van der Waals surface area contributed by atoms with Gasteiger partial charge < -0.3 is 0 Å². The maximum Gasteiger partial charge on any atom is 0.00687 e. The summed E-state index contributed by atoms with van der Waals surface area (Å²) < 4.78 is 0. The van der Waals surface area contributed by atoms with Crippen LogP contribution in [0.3, 0.4) is 0 Å². The molecule has 0 radical (unpaired) electrons. The Bertz CT molecular complexity index is 3950. The van der Waals surface area contributed by atoms with E-state index in [4.69, 9.17) is 0 Å². The molecule has 14 aromatic rings. The molecule has 0 aliphatic carbocycles. The van der Waals surface area contributed by atoms with Crippen molar-refractivity contribution in [3.05, 3.63) is 231 Å². The number of benzene rings is 12. The first kappa shape index (κ1) is 36.1. The van der Waals surface area contributed by atoms with Gasteiger partial charge in [0.15, 0.2) is 0 Å². The van der Waals surface area contributed by atoms with Crippen LogP contribution in [0.4, 0.5) is 0 Å². The molecule has 12 aromatic carbocycles. The first-order valence-electron chi connectivity index (χ1n) is 22.2. The van der Waals surface area contributed by atoms with E-state index >= 15 is 0 Å². The van der Waals surface area contributed by atoms with E-state index in [0.717, 1.165) is 0 Å². The van der Waals surface area contributed by atoms with Crippen LogP contribution in [0.15, 0.2) is 231 Å². The Labute approximate surface area is 372 Å². The van der Waals surface area contributed by atoms with Gasteiger partial charge in [0.2, 0.25) is 0 Å². The van der Waals surface area contributed by atoms with Crippen LogP contribution in [0.1, 0.15) is 0 Å². The average Bonchev–Trinajstić information content (AvgIpc) is 3.88. The van der Waals surface area contributed by atoms with Crippen LogP contribution in [-0.4, -0.2) is 0 Å². The Hall–Kier alpha value is -7.46. The maximum atomic E-state index is 2.48. The van der Waals surface area contributed by atoms with Crippen LogP contribution in [-0.2, 0) is 0 Å². The van der Waals surface area contributed by atoms with Crippen LogP contribution >= 0.6 is 15.1 Å². The molecule has 0 saturated carbocycles. The second-order valence-corrected chi connectivity index (χ2v) is 21.5. The third-order valence-electron chi connectivity index (χ3n) is 13.8. The summed E-state index contributed by atoms with van der Waals surface area (Å²) in [5, 5.41) is 27.1. The van der Waals surface area contributed by atoms with Gasteiger partial charge in [-0.2, -0.15) is 0 Å². The van der Waals surface area contributed by atoms with E-state index in [1.807, 2.05) is 0 Å². The van der Waals surface area contributed by atoms with Crippen molar-refractivity contribution in [2.75, 3.05) is 0 Å². The Morgan fingerprint density at radius 3 is 0.906 bits per heavy atom. The fraction of sp³-hybridized carbons (Fsp3) is 0. The molecule has 0 aliphatic rings. The van der Waals surface area contributed by atoms with Crippen molar-refractivity contribution in [3.63, 3.8) is 0 Å². The van der Waals surface area contributed by atoms with Gasteiger partial charge in [0.1, 0.15) is 0 Å². The van der Waals surface area contributed by atoms with Gasteiger partial charge in [0.05, 0.1) is 0 Å². The largest absolute Gasteiger partial charge is 0.0772 e. The number of hydrogen-bond acceptors (Lipinski definition) is 0. The fourth-order valence-electron chi connectivity index (χ4n) is 11.0. The summed E-state index contributed by atoms with van der Waals surface area (Å²) in [4.78, 5) is 0. The average molecular weight is 845 g/mol. The molecule has 0 nitrogen and oxygen atoms in total. The Kier molecular flexibility index (Phi) is 7.90. The Morgan fingerprint density at radius 1 is 0.188 bits per heavy atom. The van der Waals surface area contributed by atoms with Crippen molar-refractivity contribution in [1.82, 2.24) is 0 Å². The zero-order chi connectivity index (χ0) is 41.9. The summed E-state index contributed by atoms with van der Waals surface area (Å²) >= 11 is 0. The zero-order valence-electron chi connectivity index (χ0n) is 34.8. The van der Waals surface area contributed by atoms with Crippen molar-refractivity contribution in [3.8, 4) is 32.9 Å². The SMILES string of the molecule is c1ccc(-p2c3ccccc3c3cc(-c4ccc5c6ccccc6c6c7cc(-c8ccc9c(c8)c8ccccc8p9-c8ccccc8)ccc7c7ccccc7c6c5c4)ccc32)cc1. The molecule has 0 N–H and O–H groups in total. The molecular weight excluding hydrogens is 807 g/mol. The van der Waals surface area contributed by atoms with Crippen LogP contribution in [0.2, 0.25) is 0 Å². The fourth-order valence-corrected chi connectivity index (χ4v) is 16.3. The van der Waals surface area contributed by atoms with Gasteiger partial charge in [-0.25, -0.2) is 0 Å². The van der Waals surface area contributed by atoms with E-state index in [0.29, 0.717) is 0 Å². The number of fused-ring (bicyclic) bond motifs is 17. The molecule has 2 aromatic heterocycles. The van der Waals surface area contributed by atoms with E-state index in [2.05, 4.69) is 231 Å². The molecule has 0 saturated heterocycles. The highest BCUT2D eigenvalue weighted by Gasteiger charge is 2.20. The molecular formula is C62H38P2. The van der Waals surface area contributed by atoms with Gasteiger partial charge in [0.25, 0.3) is 0 Å². The van der Waals surface area contributed by atoms with Crippen LogP contribution in [0, 0.1) is 0 Å². The molecule has 0 aliphatic heterocycles. The third kappa shape index (κ3) is 5.25. The van der Waals surface area contributed by atoms with Gasteiger partial charge in [0, 0.05) is 20.5 Å². The first-order chi connectivity index (χ1) is 31.8. The highest BCUT2D eigenvalue weighted by Crippen LogP contribution is 2.57. The molecule has 2 unspecified atom stereocenters. The van der Waals surface area contributed by atoms with Gasteiger partial charge in [-0.15, -0.1) is 0 Å². The van der Waals surface area contributed by atoms with Crippen LogP contribution in [0.5, 0.6) is 0 Å². The van der Waals surface area contributed by atoms with Crippen LogP contribution in [0.25, 0.3) is 129 Å². The quantitative estimate of drug-likeness (QED) is 0.155. The predicted octanol–water partition coefficient (Wildman–Crippen LogP) is 19.4. The summed E-state index contributed by atoms with van der Waals surface area (Å²) in [7, 11) is -1.21. The maximum absolute atomic E-state index is 2.48. The lowest BCUT2D eigenvalue weighted by atomic mass is 9.85. The van der Waals surface area contributed by atoms with E-state index in [-0.39, 0.29) is 0 Å². The van der Waals surface area contributed by atoms with Gasteiger partial charge in [-0.3, -0.25) is 0 Å². The van der Waals surface area contributed by atoms with E-state index < -0.39 is 15.1 Å². The molecule has 2 heteroatoms.